The highest BCUT2D eigenvalue weighted by atomic mass is 32.1. The Bertz CT molecular complexity index is 591. The first-order valence-electron chi connectivity index (χ1n) is 7.24. The van der Waals surface area contributed by atoms with Crippen LogP contribution in [0.15, 0.2) is 23.6 Å². The standard InChI is InChI=1S/C16H21N3S/c1-11-10-20-16(19-11)12(2)18-9-14-6-3-5-13-7-4-8-17-15(13)14/h3,5-6,10,12,17-18H,4,7-9H2,1-2H3. The van der Waals surface area contributed by atoms with Gasteiger partial charge in [-0.15, -0.1) is 11.3 Å². The van der Waals surface area contributed by atoms with E-state index < -0.39 is 0 Å². The molecule has 3 rings (SSSR count). The average Bonchev–Trinajstić information content (AvgIpc) is 2.91. The second-order valence-corrected chi connectivity index (χ2v) is 6.30. The van der Waals surface area contributed by atoms with Crippen LogP contribution in [-0.4, -0.2) is 11.5 Å². The van der Waals surface area contributed by atoms with E-state index in [0.29, 0.717) is 6.04 Å². The summed E-state index contributed by atoms with van der Waals surface area (Å²) in [6, 6.07) is 6.91. The van der Waals surface area contributed by atoms with Crippen molar-refractivity contribution in [3.8, 4) is 0 Å². The minimum absolute atomic E-state index is 0.299. The minimum atomic E-state index is 0.299. The highest BCUT2D eigenvalue weighted by molar-refractivity contribution is 7.09. The molecule has 0 saturated carbocycles. The molecule has 1 aromatic carbocycles. The molecule has 20 heavy (non-hydrogen) atoms. The van der Waals surface area contributed by atoms with E-state index in [0.717, 1.165) is 18.8 Å². The molecule has 0 radical (unpaired) electrons. The number of hydrogen-bond acceptors (Lipinski definition) is 4. The molecular weight excluding hydrogens is 266 g/mol. The summed E-state index contributed by atoms with van der Waals surface area (Å²) in [4.78, 5) is 4.55. The Labute approximate surface area is 124 Å². The Morgan fingerprint density at radius 2 is 2.35 bits per heavy atom. The van der Waals surface area contributed by atoms with Gasteiger partial charge >= 0.3 is 0 Å². The number of nitrogens with one attached hydrogen (secondary N) is 2. The highest BCUT2D eigenvalue weighted by Crippen LogP contribution is 2.26. The van der Waals surface area contributed by atoms with Gasteiger partial charge in [0, 0.05) is 29.9 Å². The number of rotatable bonds is 4. The van der Waals surface area contributed by atoms with Crippen molar-refractivity contribution in [1.29, 1.82) is 0 Å². The lowest BCUT2D eigenvalue weighted by Gasteiger charge is -2.22. The first-order valence-corrected chi connectivity index (χ1v) is 8.12. The van der Waals surface area contributed by atoms with Crippen molar-refractivity contribution in [1.82, 2.24) is 10.3 Å². The van der Waals surface area contributed by atoms with E-state index in [1.165, 1.54) is 34.7 Å². The maximum absolute atomic E-state index is 4.55. The van der Waals surface area contributed by atoms with Crippen molar-refractivity contribution in [2.45, 2.75) is 39.3 Å². The zero-order chi connectivity index (χ0) is 13.9. The van der Waals surface area contributed by atoms with Gasteiger partial charge in [0.1, 0.15) is 5.01 Å². The van der Waals surface area contributed by atoms with Gasteiger partial charge in [0.2, 0.25) is 0 Å². The molecule has 0 spiro atoms. The molecule has 0 fully saturated rings. The SMILES string of the molecule is Cc1csc(C(C)NCc2cccc3c2NCCC3)n1. The van der Waals surface area contributed by atoms with E-state index >= 15 is 0 Å². The van der Waals surface area contributed by atoms with Crippen LogP contribution in [0.3, 0.4) is 0 Å². The smallest absolute Gasteiger partial charge is 0.110 e. The normalized spacial score (nSPS) is 15.5. The minimum Gasteiger partial charge on any atom is -0.385 e. The Hall–Kier alpha value is -1.39. The molecule has 0 saturated heterocycles. The summed E-state index contributed by atoms with van der Waals surface area (Å²) in [7, 11) is 0. The van der Waals surface area contributed by atoms with Crippen LogP contribution in [0.5, 0.6) is 0 Å². The van der Waals surface area contributed by atoms with Crippen molar-refractivity contribution < 1.29 is 0 Å². The molecule has 2 aromatic rings. The molecule has 0 aliphatic carbocycles. The predicted octanol–water partition coefficient (Wildman–Crippen LogP) is 3.66. The molecule has 2 heterocycles. The largest absolute Gasteiger partial charge is 0.385 e. The summed E-state index contributed by atoms with van der Waals surface area (Å²) in [6.45, 7) is 6.20. The number of hydrogen-bond donors (Lipinski definition) is 2. The van der Waals surface area contributed by atoms with Gasteiger partial charge in [-0.1, -0.05) is 18.2 Å². The molecule has 1 aliphatic heterocycles. The number of nitrogens with zero attached hydrogens (tertiary/aromatic N) is 1. The molecular formula is C16H21N3S. The number of anilines is 1. The van der Waals surface area contributed by atoms with E-state index in [1.54, 1.807) is 11.3 Å². The Kier molecular flexibility index (Phi) is 4.03. The number of aromatic nitrogens is 1. The van der Waals surface area contributed by atoms with Crippen molar-refractivity contribution >= 4 is 17.0 Å². The third kappa shape index (κ3) is 2.86. The van der Waals surface area contributed by atoms with Gasteiger partial charge < -0.3 is 10.6 Å². The van der Waals surface area contributed by atoms with E-state index in [-0.39, 0.29) is 0 Å². The first-order chi connectivity index (χ1) is 9.74. The summed E-state index contributed by atoms with van der Waals surface area (Å²) in [5.74, 6) is 0. The van der Waals surface area contributed by atoms with Crippen molar-refractivity contribution in [3.05, 3.63) is 45.4 Å². The van der Waals surface area contributed by atoms with Crippen molar-refractivity contribution in [3.63, 3.8) is 0 Å². The van der Waals surface area contributed by atoms with E-state index in [2.05, 4.69) is 46.1 Å². The summed E-state index contributed by atoms with van der Waals surface area (Å²) >= 11 is 1.73. The fraction of sp³-hybridized carbons (Fsp3) is 0.438. The number of aryl methyl sites for hydroxylation is 2. The second kappa shape index (κ2) is 5.94. The lowest BCUT2D eigenvalue weighted by atomic mass is 9.99. The Morgan fingerprint density at radius 1 is 1.45 bits per heavy atom. The molecule has 0 bridgehead atoms. The van der Waals surface area contributed by atoms with Gasteiger partial charge in [-0.05, 0) is 37.8 Å². The summed E-state index contributed by atoms with van der Waals surface area (Å²) < 4.78 is 0. The fourth-order valence-corrected chi connectivity index (χ4v) is 3.48. The van der Waals surface area contributed by atoms with E-state index in [9.17, 15) is 0 Å². The number of thiazole rings is 1. The van der Waals surface area contributed by atoms with Gasteiger partial charge in [0.25, 0.3) is 0 Å². The van der Waals surface area contributed by atoms with E-state index in [4.69, 9.17) is 0 Å². The Morgan fingerprint density at radius 3 is 3.15 bits per heavy atom. The van der Waals surface area contributed by atoms with Gasteiger partial charge in [-0.25, -0.2) is 4.98 Å². The van der Waals surface area contributed by atoms with Crippen LogP contribution in [0.2, 0.25) is 0 Å². The zero-order valence-corrected chi connectivity index (χ0v) is 12.9. The van der Waals surface area contributed by atoms with Crippen LogP contribution in [0.25, 0.3) is 0 Å². The maximum atomic E-state index is 4.55. The molecule has 1 atom stereocenters. The summed E-state index contributed by atoms with van der Waals surface area (Å²) in [5, 5.41) is 10.4. The topological polar surface area (TPSA) is 37.0 Å². The van der Waals surface area contributed by atoms with Crippen molar-refractivity contribution in [2.24, 2.45) is 0 Å². The molecule has 3 nitrogen and oxygen atoms in total. The molecule has 106 valence electrons. The highest BCUT2D eigenvalue weighted by Gasteiger charge is 2.14. The fourth-order valence-electron chi connectivity index (χ4n) is 2.65. The maximum Gasteiger partial charge on any atom is 0.110 e. The summed E-state index contributed by atoms with van der Waals surface area (Å²) in [6.07, 6.45) is 2.43. The first kappa shape index (κ1) is 13.6. The van der Waals surface area contributed by atoms with Crippen LogP contribution in [-0.2, 0) is 13.0 Å². The molecule has 1 aliphatic rings. The van der Waals surface area contributed by atoms with Crippen molar-refractivity contribution in [2.75, 3.05) is 11.9 Å². The van der Waals surface area contributed by atoms with Gasteiger partial charge in [-0.3, -0.25) is 0 Å². The van der Waals surface area contributed by atoms with Crippen LogP contribution in [0.1, 0.15) is 41.2 Å². The van der Waals surface area contributed by atoms with Crippen LogP contribution < -0.4 is 10.6 Å². The summed E-state index contributed by atoms with van der Waals surface area (Å²) in [5.41, 5.74) is 5.27. The molecule has 1 aromatic heterocycles. The average molecular weight is 287 g/mol. The van der Waals surface area contributed by atoms with Gasteiger partial charge in [-0.2, -0.15) is 0 Å². The molecule has 0 amide bonds. The van der Waals surface area contributed by atoms with E-state index in [1.807, 2.05) is 6.92 Å². The zero-order valence-electron chi connectivity index (χ0n) is 12.1. The monoisotopic (exact) mass is 287 g/mol. The number of para-hydroxylation sites is 1. The molecule has 4 heteroatoms. The Balaban J connectivity index is 1.69. The van der Waals surface area contributed by atoms with Crippen LogP contribution in [0, 0.1) is 6.92 Å². The molecule has 2 N–H and O–H groups in total. The lowest BCUT2D eigenvalue weighted by Crippen LogP contribution is -2.21. The molecule has 1 unspecified atom stereocenters. The quantitative estimate of drug-likeness (QED) is 0.901. The van der Waals surface area contributed by atoms with Crippen LogP contribution in [0.4, 0.5) is 5.69 Å². The van der Waals surface area contributed by atoms with Gasteiger partial charge in [0.15, 0.2) is 0 Å². The number of fused-ring (bicyclic) bond motifs is 1. The third-order valence-corrected chi connectivity index (χ3v) is 4.91. The predicted molar refractivity (Wildman–Crippen MR) is 85.4 cm³/mol. The second-order valence-electron chi connectivity index (χ2n) is 5.41. The lowest BCUT2D eigenvalue weighted by molar-refractivity contribution is 0.571. The third-order valence-electron chi connectivity index (χ3n) is 3.77. The van der Waals surface area contributed by atoms with Gasteiger partial charge in [0.05, 0.1) is 6.04 Å². The number of benzene rings is 1. The van der Waals surface area contributed by atoms with Crippen LogP contribution >= 0.6 is 11.3 Å².